The van der Waals surface area contributed by atoms with Crippen LogP contribution in [0.2, 0.25) is 0 Å². The van der Waals surface area contributed by atoms with Crippen molar-refractivity contribution in [2.24, 2.45) is 5.73 Å². The fourth-order valence-electron chi connectivity index (χ4n) is 1.11. The van der Waals surface area contributed by atoms with Crippen molar-refractivity contribution >= 4 is 17.7 Å². The highest BCUT2D eigenvalue weighted by atomic mass is 32.2. The van der Waals surface area contributed by atoms with Gasteiger partial charge in [-0.05, 0) is 5.56 Å². The van der Waals surface area contributed by atoms with E-state index in [9.17, 15) is 4.79 Å². The Labute approximate surface area is 93.7 Å². The highest BCUT2D eigenvalue weighted by Crippen LogP contribution is 2.19. The molecule has 0 unspecified atom stereocenters. The molecule has 0 radical (unpaired) electrons. The summed E-state index contributed by atoms with van der Waals surface area (Å²) < 4.78 is 0. The Morgan fingerprint density at radius 1 is 1.47 bits per heavy atom. The number of carboxylic acids is 1. The lowest BCUT2D eigenvalue weighted by Crippen LogP contribution is -2.38. The number of carbonyl (C=O) groups is 1. The summed E-state index contributed by atoms with van der Waals surface area (Å²) in [5.41, 5.74) is 6.69. The third-order valence-electron chi connectivity index (χ3n) is 2.15. The minimum absolute atomic E-state index is 0.0808. The van der Waals surface area contributed by atoms with Gasteiger partial charge in [-0.25, -0.2) is 0 Å². The molecule has 3 N–H and O–H groups in total. The van der Waals surface area contributed by atoms with E-state index in [0.717, 1.165) is 5.75 Å². The van der Waals surface area contributed by atoms with Crippen molar-refractivity contribution in [1.29, 1.82) is 0 Å². The van der Waals surface area contributed by atoms with Crippen molar-refractivity contribution in [3.8, 4) is 0 Å². The second kappa shape index (κ2) is 5.78. The second-order valence-corrected chi connectivity index (χ2v) is 4.73. The first-order valence-corrected chi connectivity index (χ1v) is 5.80. The molecule has 1 rings (SSSR count). The molecule has 0 aliphatic heterocycles. The molecule has 82 valence electrons. The van der Waals surface area contributed by atoms with Crippen molar-refractivity contribution in [2.45, 2.75) is 24.0 Å². The standard InChI is InChI=1S/C11H15NO2S/c1-8(10(12)11(13)14)15-7-9-5-3-2-4-6-9/h2-6,8,10H,7,12H2,1H3,(H,13,14)/t8-,10+/m1/s1. The van der Waals surface area contributed by atoms with Gasteiger partial charge in [-0.3, -0.25) is 4.79 Å². The molecule has 0 saturated heterocycles. The number of nitrogens with two attached hydrogens (primary N) is 1. The minimum Gasteiger partial charge on any atom is -0.480 e. The smallest absolute Gasteiger partial charge is 0.321 e. The van der Waals surface area contributed by atoms with E-state index in [4.69, 9.17) is 10.8 Å². The summed E-state index contributed by atoms with van der Waals surface area (Å²) in [6.07, 6.45) is 0. The summed E-state index contributed by atoms with van der Waals surface area (Å²) in [4.78, 5) is 10.6. The molecule has 0 fully saturated rings. The van der Waals surface area contributed by atoms with E-state index >= 15 is 0 Å². The maximum Gasteiger partial charge on any atom is 0.321 e. The van der Waals surface area contributed by atoms with Gasteiger partial charge in [0, 0.05) is 11.0 Å². The third kappa shape index (κ3) is 3.93. The summed E-state index contributed by atoms with van der Waals surface area (Å²) >= 11 is 1.56. The molecule has 0 aliphatic rings. The first-order valence-electron chi connectivity index (χ1n) is 4.75. The molecule has 1 aromatic rings. The Bertz CT molecular complexity index is 316. The topological polar surface area (TPSA) is 63.3 Å². The van der Waals surface area contributed by atoms with Gasteiger partial charge in [0.1, 0.15) is 6.04 Å². The van der Waals surface area contributed by atoms with Crippen LogP contribution in [0.4, 0.5) is 0 Å². The van der Waals surface area contributed by atoms with E-state index in [1.54, 1.807) is 11.8 Å². The van der Waals surface area contributed by atoms with Crippen LogP contribution in [0.25, 0.3) is 0 Å². The Balaban J connectivity index is 2.41. The largest absolute Gasteiger partial charge is 0.480 e. The maximum atomic E-state index is 10.6. The van der Waals surface area contributed by atoms with Gasteiger partial charge in [-0.2, -0.15) is 11.8 Å². The fourth-order valence-corrected chi connectivity index (χ4v) is 2.08. The van der Waals surface area contributed by atoms with Crippen LogP contribution in [0, 0.1) is 0 Å². The molecule has 2 atom stereocenters. The van der Waals surface area contributed by atoms with Crippen molar-refractivity contribution in [3.05, 3.63) is 35.9 Å². The van der Waals surface area contributed by atoms with E-state index in [1.165, 1.54) is 5.56 Å². The first kappa shape index (κ1) is 12.1. The van der Waals surface area contributed by atoms with Crippen LogP contribution in [-0.4, -0.2) is 22.4 Å². The van der Waals surface area contributed by atoms with E-state index in [1.807, 2.05) is 37.3 Å². The predicted octanol–water partition coefficient (Wildman–Crippen LogP) is 1.72. The lowest BCUT2D eigenvalue weighted by molar-refractivity contribution is -0.138. The van der Waals surface area contributed by atoms with Crippen molar-refractivity contribution < 1.29 is 9.90 Å². The molecule has 1 aromatic carbocycles. The Morgan fingerprint density at radius 3 is 2.60 bits per heavy atom. The third-order valence-corrected chi connectivity index (χ3v) is 3.47. The van der Waals surface area contributed by atoms with Crippen molar-refractivity contribution in [3.63, 3.8) is 0 Å². The molecule has 0 spiro atoms. The van der Waals surface area contributed by atoms with Gasteiger partial charge in [0.25, 0.3) is 0 Å². The number of benzene rings is 1. The second-order valence-electron chi connectivity index (χ2n) is 3.37. The lowest BCUT2D eigenvalue weighted by Gasteiger charge is -2.15. The molecular weight excluding hydrogens is 210 g/mol. The van der Waals surface area contributed by atoms with Gasteiger partial charge < -0.3 is 10.8 Å². The molecule has 3 nitrogen and oxygen atoms in total. The quantitative estimate of drug-likeness (QED) is 0.801. The number of carboxylic acid groups (broad SMARTS) is 1. The predicted molar refractivity (Wildman–Crippen MR) is 62.8 cm³/mol. The zero-order chi connectivity index (χ0) is 11.3. The van der Waals surface area contributed by atoms with Crippen LogP contribution in [0.1, 0.15) is 12.5 Å². The molecule has 0 aliphatic carbocycles. The molecule has 0 bridgehead atoms. The summed E-state index contributed by atoms with van der Waals surface area (Å²) in [7, 11) is 0. The minimum atomic E-state index is -0.942. The van der Waals surface area contributed by atoms with Gasteiger partial charge in [0.05, 0.1) is 0 Å². The average Bonchev–Trinajstić information content (AvgIpc) is 2.26. The maximum absolute atomic E-state index is 10.6. The monoisotopic (exact) mass is 225 g/mol. The van der Waals surface area contributed by atoms with E-state index < -0.39 is 12.0 Å². The molecule has 4 heteroatoms. The zero-order valence-electron chi connectivity index (χ0n) is 8.59. The summed E-state index contributed by atoms with van der Waals surface area (Å²) in [6.45, 7) is 1.84. The molecule has 0 saturated carbocycles. The SMILES string of the molecule is C[C@@H](SCc1ccccc1)[C@H](N)C(=O)O. The van der Waals surface area contributed by atoms with Gasteiger partial charge in [0.15, 0.2) is 0 Å². The number of thioether (sulfide) groups is 1. The number of hydrogen-bond donors (Lipinski definition) is 2. The Morgan fingerprint density at radius 2 is 2.07 bits per heavy atom. The van der Waals surface area contributed by atoms with Crippen molar-refractivity contribution in [1.82, 2.24) is 0 Å². The molecule has 15 heavy (non-hydrogen) atoms. The summed E-state index contributed by atoms with van der Waals surface area (Å²) in [5, 5.41) is 8.63. The highest BCUT2D eigenvalue weighted by molar-refractivity contribution is 7.99. The van der Waals surface area contributed by atoms with E-state index in [2.05, 4.69) is 0 Å². The average molecular weight is 225 g/mol. The first-order chi connectivity index (χ1) is 7.11. The van der Waals surface area contributed by atoms with Crippen LogP contribution in [0.15, 0.2) is 30.3 Å². The number of aliphatic carboxylic acids is 1. The van der Waals surface area contributed by atoms with Crippen LogP contribution < -0.4 is 5.73 Å². The van der Waals surface area contributed by atoms with Gasteiger partial charge in [-0.1, -0.05) is 37.3 Å². The zero-order valence-corrected chi connectivity index (χ0v) is 9.41. The Kier molecular flexibility index (Phi) is 4.65. The van der Waals surface area contributed by atoms with Gasteiger partial charge in [-0.15, -0.1) is 0 Å². The summed E-state index contributed by atoms with van der Waals surface area (Å²) in [6, 6.07) is 9.15. The molecular formula is C11H15NO2S. The van der Waals surface area contributed by atoms with Crippen LogP contribution in [0.3, 0.4) is 0 Å². The van der Waals surface area contributed by atoms with E-state index in [-0.39, 0.29) is 5.25 Å². The molecule has 0 aromatic heterocycles. The van der Waals surface area contributed by atoms with Gasteiger partial charge in [0.2, 0.25) is 0 Å². The van der Waals surface area contributed by atoms with Crippen LogP contribution in [0.5, 0.6) is 0 Å². The van der Waals surface area contributed by atoms with Crippen LogP contribution >= 0.6 is 11.8 Å². The highest BCUT2D eigenvalue weighted by Gasteiger charge is 2.19. The fraction of sp³-hybridized carbons (Fsp3) is 0.364. The Hall–Kier alpha value is -1.00. The summed E-state index contributed by atoms with van der Waals surface area (Å²) in [5.74, 6) is -0.147. The number of hydrogen-bond acceptors (Lipinski definition) is 3. The van der Waals surface area contributed by atoms with E-state index in [0.29, 0.717) is 0 Å². The molecule has 0 amide bonds. The number of rotatable bonds is 5. The molecule has 0 heterocycles. The van der Waals surface area contributed by atoms with Crippen LogP contribution in [-0.2, 0) is 10.5 Å². The lowest BCUT2D eigenvalue weighted by atomic mass is 10.2. The van der Waals surface area contributed by atoms with Gasteiger partial charge >= 0.3 is 5.97 Å². The van der Waals surface area contributed by atoms with Crippen molar-refractivity contribution in [2.75, 3.05) is 0 Å². The normalized spacial score (nSPS) is 14.5.